The molecule has 0 aliphatic rings. The van der Waals surface area contributed by atoms with Gasteiger partial charge in [-0.15, -0.1) is 0 Å². The zero-order chi connectivity index (χ0) is 24.4. The summed E-state index contributed by atoms with van der Waals surface area (Å²) < 4.78 is 1.84. The molecule has 4 rings (SSSR count). The Morgan fingerprint density at radius 2 is 1.88 bits per heavy atom. The molecule has 0 saturated carbocycles. The lowest BCUT2D eigenvalue weighted by atomic mass is 10.1. The van der Waals surface area contributed by atoms with E-state index >= 15 is 0 Å². The standard InChI is InChI=1S/C24H25ClN6O3/c1-13-20(24(34)27-11-10-19(32)14-4-7-16(25)8-5-14)28-22(31(13)3)15-6-9-17-18(12-15)29-30-21(17)23(33)26-2/h4-9,12,19,32H,10-11H2,1-3H3,(H,26,33)(H,27,34)(H,29,30). The quantitative estimate of drug-likeness (QED) is 0.323. The largest absolute Gasteiger partial charge is 0.388 e. The number of aromatic nitrogens is 4. The number of hydrogen-bond donors (Lipinski definition) is 4. The summed E-state index contributed by atoms with van der Waals surface area (Å²) in [6.07, 6.45) is -0.352. The van der Waals surface area contributed by atoms with Gasteiger partial charge in [0.2, 0.25) is 0 Å². The monoisotopic (exact) mass is 480 g/mol. The lowest BCUT2D eigenvalue weighted by Gasteiger charge is -2.11. The highest BCUT2D eigenvalue weighted by atomic mass is 35.5. The highest BCUT2D eigenvalue weighted by molar-refractivity contribution is 6.30. The molecule has 4 aromatic rings. The predicted molar refractivity (Wildman–Crippen MR) is 130 cm³/mol. The van der Waals surface area contributed by atoms with E-state index in [0.717, 1.165) is 11.1 Å². The van der Waals surface area contributed by atoms with Crippen molar-refractivity contribution in [2.45, 2.75) is 19.4 Å². The Hall–Kier alpha value is -3.69. The predicted octanol–water partition coefficient (Wildman–Crippen LogP) is 3.14. The van der Waals surface area contributed by atoms with Crippen LogP contribution in [0.5, 0.6) is 0 Å². The van der Waals surface area contributed by atoms with E-state index in [1.165, 1.54) is 0 Å². The van der Waals surface area contributed by atoms with Gasteiger partial charge in [0, 0.05) is 42.3 Å². The number of carbonyl (C=O) groups is 2. The third-order valence-corrected chi connectivity index (χ3v) is 6.07. The number of aromatic amines is 1. The minimum absolute atomic E-state index is 0.271. The first-order chi connectivity index (χ1) is 16.3. The van der Waals surface area contributed by atoms with Crippen LogP contribution in [0.2, 0.25) is 5.02 Å². The topological polar surface area (TPSA) is 125 Å². The fourth-order valence-electron chi connectivity index (χ4n) is 3.76. The van der Waals surface area contributed by atoms with Crippen LogP contribution in [0.4, 0.5) is 0 Å². The van der Waals surface area contributed by atoms with Gasteiger partial charge in [-0.05, 0) is 43.2 Å². The Labute approximate surface area is 201 Å². The van der Waals surface area contributed by atoms with Crippen molar-refractivity contribution >= 4 is 34.3 Å². The molecular formula is C24H25ClN6O3. The number of nitrogens with zero attached hydrogens (tertiary/aromatic N) is 3. The molecule has 0 saturated heterocycles. The zero-order valence-electron chi connectivity index (χ0n) is 19.0. The molecule has 4 N–H and O–H groups in total. The summed E-state index contributed by atoms with van der Waals surface area (Å²) in [7, 11) is 3.39. The third-order valence-electron chi connectivity index (χ3n) is 5.82. The Morgan fingerprint density at radius 1 is 1.15 bits per heavy atom. The van der Waals surface area contributed by atoms with Gasteiger partial charge in [-0.25, -0.2) is 4.98 Å². The van der Waals surface area contributed by atoms with E-state index in [1.54, 1.807) is 37.4 Å². The fourth-order valence-corrected chi connectivity index (χ4v) is 3.89. The summed E-state index contributed by atoms with van der Waals surface area (Å²) in [5.41, 5.74) is 3.56. The smallest absolute Gasteiger partial charge is 0.272 e. The van der Waals surface area contributed by atoms with Gasteiger partial charge in [0.25, 0.3) is 11.8 Å². The number of aliphatic hydroxyl groups is 1. The van der Waals surface area contributed by atoms with Gasteiger partial charge in [0.1, 0.15) is 11.5 Å². The second-order valence-corrected chi connectivity index (χ2v) is 8.39. The van der Waals surface area contributed by atoms with E-state index in [1.807, 2.05) is 30.7 Å². The number of fused-ring (bicyclic) bond motifs is 1. The summed E-state index contributed by atoms with van der Waals surface area (Å²) in [5, 5.41) is 24.0. The molecule has 10 heteroatoms. The summed E-state index contributed by atoms with van der Waals surface area (Å²) >= 11 is 5.88. The van der Waals surface area contributed by atoms with Gasteiger partial charge >= 0.3 is 0 Å². The number of benzene rings is 2. The van der Waals surface area contributed by atoms with E-state index in [0.29, 0.717) is 45.3 Å². The van der Waals surface area contributed by atoms with Gasteiger partial charge in [0.15, 0.2) is 5.69 Å². The number of nitrogens with one attached hydrogen (secondary N) is 3. The van der Waals surface area contributed by atoms with Crippen LogP contribution < -0.4 is 10.6 Å². The fraction of sp³-hybridized carbons (Fsp3) is 0.250. The molecule has 0 aliphatic carbocycles. The molecule has 2 heterocycles. The van der Waals surface area contributed by atoms with Crippen molar-refractivity contribution in [3.8, 4) is 11.4 Å². The van der Waals surface area contributed by atoms with E-state index in [-0.39, 0.29) is 18.4 Å². The number of H-pyrrole nitrogens is 1. The number of carbonyl (C=O) groups excluding carboxylic acids is 2. The Kier molecular flexibility index (Phi) is 6.67. The Balaban J connectivity index is 1.48. The lowest BCUT2D eigenvalue weighted by molar-refractivity contribution is 0.0934. The molecule has 34 heavy (non-hydrogen) atoms. The zero-order valence-corrected chi connectivity index (χ0v) is 19.8. The van der Waals surface area contributed by atoms with E-state index in [2.05, 4.69) is 25.8 Å². The molecule has 2 aromatic carbocycles. The second kappa shape index (κ2) is 9.66. The molecule has 9 nitrogen and oxygen atoms in total. The van der Waals surface area contributed by atoms with Crippen LogP contribution in [0.15, 0.2) is 42.5 Å². The van der Waals surface area contributed by atoms with Crippen LogP contribution in [0.25, 0.3) is 22.3 Å². The number of amides is 2. The van der Waals surface area contributed by atoms with Crippen molar-refractivity contribution in [2.24, 2.45) is 7.05 Å². The Morgan fingerprint density at radius 3 is 2.59 bits per heavy atom. The van der Waals surface area contributed by atoms with Crippen molar-refractivity contribution in [3.05, 3.63) is 70.1 Å². The van der Waals surface area contributed by atoms with Crippen LogP contribution in [-0.2, 0) is 7.05 Å². The van der Waals surface area contributed by atoms with E-state index in [9.17, 15) is 14.7 Å². The van der Waals surface area contributed by atoms with Crippen molar-refractivity contribution in [1.82, 2.24) is 30.4 Å². The number of halogens is 1. The maximum absolute atomic E-state index is 12.8. The Bertz CT molecular complexity index is 1360. The van der Waals surface area contributed by atoms with Crippen molar-refractivity contribution < 1.29 is 14.7 Å². The molecule has 1 atom stereocenters. The molecule has 2 amide bonds. The molecule has 176 valence electrons. The summed E-state index contributed by atoms with van der Waals surface area (Å²) in [4.78, 5) is 29.3. The third kappa shape index (κ3) is 4.52. The van der Waals surface area contributed by atoms with Gasteiger partial charge in [-0.1, -0.05) is 29.8 Å². The summed E-state index contributed by atoms with van der Waals surface area (Å²) in [6.45, 7) is 2.11. The minimum atomic E-state index is -0.709. The highest BCUT2D eigenvalue weighted by Crippen LogP contribution is 2.26. The first-order valence-corrected chi connectivity index (χ1v) is 11.1. The first-order valence-electron chi connectivity index (χ1n) is 10.8. The molecule has 0 bridgehead atoms. The normalized spacial score (nSPS) is 12.0. The second-order valence-electron chi connectivity index (χ2n) is 7.95. The number of aliphatic hydroxyl groups excluding tert-OH is 1. The number of hydrogen-bond acceptors (Lipinski definition) is 5. The molecule has 0 aliphatic heterocycles. The van der Waals surface area contributed by atoms with Gasteiger partial charge < -0.3 is 20.3 Å². The van der Waals surface area contributed by atoms with Crippen LogP contribution in [0.3, 0.4) is 0 Å². The van der Waals surface area contributed by atoms with Crippen LogP contribution in [0, 0.1) is 6.92 Å². The average Bonchev–Trinajstić information content (AvgIpc) is 3.39. The summed E-state index contributed by atoms with van der Waals surface area (Å²) in [6, 6.07) is 12.5. The lowest BCUT2D eigenvalue weighted by Crippen LogP contribution is -2.26. The van der Waals surface area contributed by atoms with Crippen LogP contribution in [0.1, 0.15) is 44.8 Å². The maximum Gasteiger partial charge on any atom is 0.272 e. The number of rotatable bonds is 7. The molecule has 2 aromatic heterocycles. The van der Waals surface area contributed by atoms with E-state index in [4.69, 9.17) is 11.6 Å². The van der Waals surface area contributed by atoms with E-state index < -0.39 is 6.10 Å². The summed E-state index contributed by atoms with van der Waals surface area (Å²) in [5.74, 6) is 0.0287. The van der Waals surface area contributed by atoms with Crippen molar-refractivity contribution in [3.63, 3.8) is 0 Å². The van der Waals surface area contributed by atoms with Crippen LogP contribution >= 0.6 is 11.6 Å². The maximum atomic E-state index is 12.8. The van der Waals surface area contributed by atoms with Crippen LogP contribution in [-0.4, -0.2) is 50.3 Å². The van der Waals surface area contributed by atoms with Gasteiger partial charge in [-0.3, -0.25) is 14.7 Å². The molecule has 0 spiro atoms. The van der Waals surface area contributed by atoms with Gasteiger partial charge in [0.05, 0.1) is 11.6 Å². The molecular weight excluding hydrogens is 456 g/mol. The van der Waals surface area contributed by atoms with Gasteiger partial charge in [-0.2, -0.15) is 5.10 Å². The van der Waals surface area contributed by atoms with Crippen molar-refractivity contribution in [1.29, 1.82) is 0 Å². The number of imidazole rings is 1. The highest BCUT2D eigenvalue weighted by Gasteiger charge is 2.20. The SMILES string of the molecule is CNC(=O)c1n[nH]c2cc(-c3nc(C(=O)NCCC(O)c4ccc(Cl)cc4)c(C)n3C)ccc12. The minimum Gasteiger partial charge on any atom is -0.388 e. The first kappa shape index (κ1) is 23.5. The van der Waals surface area contributed by atoms with Crippen molar-refractivity contribution in [2.75, 3.05) is 13.6 Å². The molecule has 0 radical (unpaired) electrons. The molecule has 0 fully saturated rings. The molecule has 1 unspecified atom stereocenters. The average molecular weight is 481 g/mol.